The molecule has 0 bridgehead atoms. The molecule has 0 unspecified atom stereocenters. The van der Waals surface area contributed by atoms with Gasteiger partial charge < -0.3 is 9.84 Å². The van der Waals surface area contributed by atoms with Crippen molar-refractivity contribution in [3.63, 3.8) is 0 Å². The molecule has 0 radical (unpaired) electrons. The Kier molecular flexibility index (Phi) is 5.81. The van der Waals surface area contributed by atoms with Gasteiger partial charge >= 0.3 is 6.18 Å². The lowest BCUT2D eigenvalue weighted by molar-refractivity contribution is -0.137. The maximum Gasteiger partial charge on any atom is 0.418 e. The van der Waals surface area contributed by atoms with E-state index in [1.54, 1.807) is 6.92 Å². The number of hydrogen-bond acceptors (Lipinski definition) is 6. The van der Waals surface area contributed by atoms with Gasteiger partial charge in [-0.25, -0.2) is 4.68 Å². The number of nitrogens with zero attached hydrogens (tertiary/aromatic N) is 4. The zero-order chi connectivity index (χ0) is 23.8. The first-order valence-corrected chi connectivity index (χ1v) is 10.5. The van der Waals surface area contributed by atoms with Crippen molar-refractivity contribution in [3.8, 4) is 5.69 Å². The minimum absolute atomic E-state index is 0.162. The van der Waals surface area contributed by atoms with E-state index in [-0.39, 0.29) is 11.4 Å². The molecule has 8 nitrogen and oxygen atoms in total. The molecular formula is C22H22F3N5O3. The summed E-state index contributed by atoms with van der Waals surface area (Å²) in [5.41, 5.74) is -3.20. The maximum absolute atomic E-state index is 13.5. The molecule has 0 aliphatic heterocycles. The first-order chi connectivity index (χ1) is 15.6. The fourth-order valence-electron chi connectivity index (χ4n) is 4.18. The normalized spacial score (nSPS) is 15.9. The van der Waals surface area contributed by atoms with Gasteiger partial charge in [-0.15, -0.1) is 0 Å². The molecule has 2 heterocycles. The molecule has 1 aromatic carbocycles. The van der Waals surface area contributed by atoms with Crippen molar-refractivity contribution in [3.05, 3.63) is 69.2 Å². The van der Waals surface area contributed by atoms with Gasteiger partial charge in [-0.05, 0) is 31.9 Å². The Morgan fingerprint density at radius 3 is 2.48 bits per heavy atom. The minimum atomic E-state index is -4.64. The molecule has 1 fully saturated rings. The van der Waals surface area contributed by atoms with Crippen LogP contribution in [-0.4, -0.2) is 25.8 Å². The number of para-hydroxylation sites is 1. The van der Waals surface area contributed by atoms with Crippen molar-refractivity contribution in [2.24, 2.45) is 0 Å². The van der Waals surface area contributed by atoms with Gasteiger partial charge in [-0.1, -0.05) is 36.6 Å². The SMILES string of the molecule is Cc1nc(C2(NC(=O)c3nn(-c4ccccc4C(F)(F)F)c(C)cc3=O)CCCCC2)no1. The first-order valence-electron chi connectivity index (χ1n) is 10.5. The largest absolute Gasteiger partial charge is 0.418 e. The molecule has 1 aliphatic carbocycles. The lowest BCUT2D eigenvalue weighted by Gasteiger charge is -2.35. The zero-order valence-corrected chi connectivity index (χ0v) is 18.1. The Balaban J connectivity index is 1.76. The lowest BCUT2D eigenvalue weighted by atomic mass is 9.81. The van der Waals surface area contributed by atoms with Gasteiger partial charge in [0.05, 0.1) is 11.3 Å². The Labute approximate surface area is 186 Å². The molecule has 0 saturated heterocycles. The zero-order valence-electron chi connectivity index (χ0n) is 18.1. The van der Waals surface area contributed by atoms with Crippen molar-refractivity contribution in [1.29, 1.82) is 0 Å². The molecule has 3 aromatic rings. The molecule has 2 aromatic heterocycles. The Hall–Kier alpha value is -3.50. The molecule has 0 atom stereocenters. The molecular weight excluding hydrogens is 439 g/mol. The number of halogens is 3. The third-order valence-electron chi connectivity index (χ3n) is 5.78. The third-order valence-corrected chi connectivity index (χ3v) is 5.78. The minimum Gasteiger partial charge on any atom is -0.340 e. The molecule has 33 heavy (non-hydrogen) atoms. The van der Waals surface area contributed by atoms with Crippen LogP contribution in [0.15, 0.2) is 39.6 Å². The van der Waals surface area contributed by atoms with Crippen LogP contribution in [0.3, 0.4) is 0 Å². The van der Waals surface area contributed by atoms with Crippen molar-refractivity contribution >= 4 is 5.91 Å². The molecule has 4 rings (SSSR count). The summed E-state index contributed by atoms with van der Waals surface area (Å²) < 4.78 is 46.7. The molecule has 1 N–H and O–H groups in total. The van der Waals surface area contributed by atoms with Gasteiger partial charge in [0.2, 0.25) is 11.3 Å². The molecule has 1 saturated carbocycles. The van der Waals surface area contributed by atoms with Crippen molar-refractivity contribution in [2.45, 2.75) is 57.7 Å². The van der Waals surface area contributed by atoms with Crippen LogP contribution in [0.2, 0.25) is 0 Å². The molecule has 0 spiro atoms. The van der Waals surface area contributed by atoms with E-state index in [0.717, 1.165) is 36.1 Å². The Morgan fingerprint density at radius 1 is 1.15 bits per heavy atom. The second-order valence-corrected chi connectivity index (χ2v) is 8.16. The summed E-state index contributed by atoms with van der Waals surface area (Å²) in [5.74, 6) is -0.158. The second-order valence-electron chi connectivity index (χ2n) is 8.16. The van der Waals surface area contributed by atoms with Crippen LogP contribution in [0.4, 0.5) is 13.2 Å². The fourth-order valence-corrected chi connectivity index (χ4v) is 4.18. The van der Waals surface area contributed by atoms with Crippen LogP contribution in [-0.2, 0) is 11.7 Å². The number of rotatable bonds is 4. The van der Waals surface area contributed by atoms with Crippen LogP contribution in [0.25, 0.3) is 5.69 Å². The maximum atomic E-state index is 13.5. The van der Waals surface area contributed by atoms with E-state index in [2.05, 4.69) is 20.6 Å². The highest BCUT2D eigenvalue weighted by Gasteiger charge is 2.41. The lowest BCUT2D eigenvalue weighted by Crippen LogP contribution is -2.49. The van der Waals surface area contributed by atoms with E-state index in [4.69, 9.17) is 4.52 Å². The van der Waals surface area contributed by atoms with Crippen molar-refractivity contribution in [1.82, 2.24) is 25.2 Å². The molecule has 1 aliphatic rings. The number of aryl methyl sites for hydroxylation is 2. The highest BCUT2D eigenvalue weighted by molar-refractivity contribution is 5.92. The summed E-state index contributed by atoms with van der Waals surface area (Å²) in [5, 5.41) is 10.8. The van der Waals surface area contributed by atoms with Crippen LogP contribution in [0.5, 0.6) is 0 Å². The number of alkyl halides is 3. The number of hydrogen-bond donors (Lipinski definition) is 1. The van der Waals surface area contributed by atoms with Crippen LogP contribution >= 0.6 is 0 Å². The highest BCUT2D eigenvalue weighted by Crippen LogP contribution is 2.36. The number of carbonyl (C=O) groups is 1. The predicted octanol–water partition coefficient (Wildman–Crippen LogP) is 3.84. The number of aromatic nitrogens is 4. The van der Waals surface area contributed by atoms with E-state index >= 15 is 0 Å². The van der Waals surface area contributed by atoms with E-state index in [1.807, 2.05) is 0 Å². The summed E-state index contributed by atoms with van der Waals surface area (Å²) in [6, 6.07) is 5.95. The Bertz CT molecular complexity index is 1240. The van der Waals surface area contributed by atoms with Gasteiger partial charge in [0.15, 0.2) is 11.5 Å². The number of amides is 1. The second kappa shape index (κ2) is 8.45. The summed E-state index contributed by atoms with van der Waals surface area (Å²) >= 11 is 0. The highest BCUT2D eigenvalue weighted by atomic mass is 19.4. The summed E-state index contributed by atoms with van der Waals surface area (Å²) in [6.45, 7) is 3.08. The van der Waals surface area contributed by atoms with Crippen molar-refractivity contribution < 1.29 is 22.5 Å². The molecule has 174 valence electrons. The van der Waals surface area contributed by atoms with Crippen LogP contribution in [0, 0.1) is 13.8 Å². The standard InChI is InChI=1S/C22H22F3N5O3/c1-13-12-17(31)18(28-30(13)16-9-5-4-8-15(16)22(23,24)25)19(32)27-21(10-6-3-7-11-21)20-26-14(2)33-29-20/h4-5,8-9,12H,3,6-7,10-11H2,1-2H3,(H,27,32). The van der Waals surface area contributed by atoms with Gasteiger partial charge in [0, 0.05) is 18.7 Å². The van der Waals surface area contributed by atoms with E-state index in [1.165, 1.54) is 25.1 Å². The molecule has 1 amide bonds. The monoisotopic (exact) mass is 461 g/mol. The summed E-state index contributed by atoms with van der Waals surface area (Å²) in [6.07, 6.45) is -0.989. The third kappa shape index (κ3) is 4.39. The van der Waals surface area contributed by atoms with Crippen LogP contribution < -0.4 is 10.7 Å². The van der Waals surface area contributed by atoms with Crippen molar-refractivity contribution in [2.75, 3.05) is 0 Å². The van der Waals surface area contributed by atoms with Gasteiger partial charge in [-0.3, -0.25) is 9.59 Å². The average Bonchev–Trinajstić information content (AvgIpc) is 3.21. The predicted molar refractivity (Wildman–Crippen MR) is 111 cm³/mol. The number of nitrogens with one attached hydrogen (secondary N) is 1. The average molecular weight is 461 g/mol. The van der Waals surface area contributed by atoms with E-state index < -0.39 is 34.3 Å². The number of carbonyl (C=O) groups excluding carboxylic acids is 1. The van der Waals surface area contributed by atoms with E-state index in [0.29, 0.717) is 24.6 Å². The van der Waals surface area contributed by atoms with Gasteiger partial charge in [0.25, 0.3) is 5.91 Å². The summed E-state index contributed by atoms with van der Waals surface area (Å²) in [7, 11) is 0. The quantitative estimate of drug-likeness (QED) is 0.633. The fraction of sp³-hybridized carbons (Fsp3) is 0.409. The van der Waals surface area contributed by atoms with E-state index in [9.17, 15) is 22.8 Å². The topological polar surface area (TPSA) is 103 Å². The van der Waals surface area contributed by atoms with Gasteiger partial charge in [-0.2, -0.15) is 23.3 Å². The first kappa shape index (κ1) is 22.7. The summed E-state index contributed by atoms with van der Waals surface area (Å²) in [4.78, 5) is 30.1. The van der Waals surface area contributed by atoms with Crippen LogP contribution in [0.1, 0.15) is 65.6 Å². The molecule has 11 heteroatoms. The van der Waals surface area contributed by atoms with Gasteiger partial charge in [0.1, 0.15) is 5.54 Å². The Morgan fingerprint density at radius 2 is 1.85 bits per heavy atom. The smallest absolute Gasteiger partial charge is 0.340 e. The number of benzene rings is 1.